The molecule has 0 radical (unpaired) electrons. The van der Waals surface area contributed by atoms with Crippen molar-refractivity contribution >= 4 is 29.5 Å². The maximum absolute atomic E-state index is 12.8. The number of amides is 3. The molecule has 0 unspecified atom stereocenters. The molecule has 0 aromatic heterocycles. The van der Waals surface area contributed by atoms with Crippen LogP contribution in [0.25, 0.3) is 6.08 Å². The first kappa shape index (κ1) is 17.9. The minimum atomic E-state index is -0.649. The first-order chi connectivity index (χ1) is 11.9. The summed E-state index contributed by atoms with van der Waals surface area (Å²) in [4.78, 5) is 34.4. The highest BCUT2D eigenvalue weighted by Gasteiger charge is 2.07. The number of carbonyl (C=O) groups excluding carboxylic acids is 3. The summed E-state index contributed by atoms with van der Waals surface area (Å²) >= 11 is 0. The molecule has 25 heavy (non-hydrogen) atoms. The van der Waals surface area contributed by atoms with Crippen LogP contribution >= 0.6 is 0 Å². The molecule has 128 valence electrons. The summed E-state index contributed by atoms with van der Waals surface area (Å²) in [5, 5.41) is 4.97. The summed E-state index contributed by atoms with van der Waals surface area (Å²) in [6.07, 6.45) is 2.84. The van der Waals surface area contributed by atoms with Crippen molar-refractivity contribution in [1.82, 2.24) is 5.32 Å². The van der Waals surface area contributed by atoms with Gasteiger partial charge < -0.3 is 16.4 Å². The predicted molar refractivity (Wildman–Crippen MR) is 92.0 cm³/mol. The van der Waals surface area contributed by atoms with E-state index in [-0.39, 0.29) is 17.9 Å². The third-order valence-electron chi connectivity index (χ3n) is 3.11. The lowest BCUT2D eigenvalue weighted by molar-refractivity contribution is -0.117. The molecule has 0 heterocycles. The van der Waals surface area contributed by atoms with Gasteiger partial charge in [-0.2, -0.15) is 0 Å². The van der Waals surface area contributed by atoms with Crippen LogP contribution < -0.4 is 16.4 Å². The molecule has 0 saturated heterocycles. The minimum Gasteiger partial charge on any atom is -0.368 e. The maximum Gasteiger partial charge on any atom is 0.251 e. The van der Waals surface area contributed by atoms with Gasteiger partial charge in [0.2, 0.25) is 11.8 Å². The highest BCUT2D eigenvalue weighted by Crippen LogP contribution is 2.11. The summed E-state index contributed by atoms with van der Waals surface area (Å²) in [6, 6.07) is 11.9. The van der Waals surface area contributed by atoms with Crippen LogP contribution in [-0.2, 0) is 9.59 Å². The standard InChI is InChI=1S/C18H16FN3O3/c19-14-7-4-12(5-8-14)6-9-17(24)22-15-3-1-2-13(10-15)18(25)21-11-16(20)23/h1-10H,11H2,(H2,20,23)(H,21,25)(H,22,24). The molecule has 7 heteroatoms. The average Bonchev–Trinajstić information content (AvgIpc) is 2.59. The van der Waals surface area contributed by atoms with E-state index >= 15 is 0 Å². The fraction of sp³-hybridized carbons (Fsp3) is 0.0556. The number of nitrogens with two attached hydrogens (primary N) is 1. The Kier molecular flexibility index (Phi) is 6.00. The van der Waals surface area contributed by atoms with E-state index in [2.05, 4.69) is 10.6 Å². The van der Waals surface area contributed by atoms with E-state index in [1.54, 1.807) is 30.3 Å². The smallest absolute Gasteiger partial charge is 0.251 e. The number of rotatable bonds is 6. The summed E-state index contributed by atoms with van der Waals surface area (Å²) < 4.78 is 12.8. The predicted octanol–water partition coefficient (Wildman–Crippen LogP) is 1.69. The third-order valence-corrected chi connectivity index (χ3v) is 3.11. The van der Waals surface area contributed by atoms with Gasteiger partial charge in [0.15, 0.2) is 0 Å². The minimum absolute atomic E-state index is 0.268. The molecule has 6 nitrogen and oxygen atoms in total. The number of benzene rings is 2. The average molecular weight is 341 g/mol. The highest BCUT2D eigenvalue weighted by molar-refractivity contribution is 6.03. The van der Waals surface area contributed by atoms with E-state index in [4.69, 9.17) is 5.73 Å². The number of primary amides is 1. The van der Waals surface area contributed by atoms with Crippen molar-refractivity contribution in [3.63, 3.8) is 0 Å². The molecule has 0 aliphatic carbocycles. The second-order valence-electron chi connectivity index (χ2n) is 5.10. The van der Waals surface area contributed by atoms with Gasteiger partial charge in [-0.15, -0.1) is 0 Å². The van der Waals surface area contributed by atoms with Gasteiger partial charge in [-0.25, -0.2) is 4.39 Å². The van der Waals surface area contributed by atoms with Gasteiger partial charge in [0, 0.05) is 17.3 Å². The molecule has 3 amide bonds. The van der Waals surface area contributed by atoms with Gasteiger partial charge in [-0.05, 0) is 42.0 Å². The highest BCUT2D eigenvalue weighted by atomic mass is 19.1. The fourth-order valence-electron chi connectivity index (χ4n) is 1.94. The van der Waals surface area contributed by atoms with Gasteiger partial charge in [-0.1, -0.05) is 18.2 Å². The summed E-state index contributed by atoms with van der Waals surface area (Å²) in [6.45, 7) is -0.268. The topological polar surface area (TPSA) is 101 Å². The molecule has 0 aliphatic rings. The van der Waals surface area contributed by atoms with Gasteiger partial charge in [0.25, 0.3) is 5.91 Å². The van der Waals surface area contributed by atoms with Crippen LogP contribution in [0.2, 0.25) is 0 Å². The zero-order valence-corrected chi connectivity index (χ0v) is 13.2. The largest absolute Gasteiger partial charge is 0.368 e. The van der Waals surface area contributed by atoms with E-state index < -0.39 is 17.7 Å². The second-order valence-corrected chi connectivity index (χ2v) is 5.10. The van der Waals surface area contributed by atoms with E-state index in [1.165, 1.54) is 30.4 Å². The Labute approximate surface area is 143 Å². The van der Waals surface area contributed by atoms with Crippen LogP contribution in [0, 0.1) is 5.82 Å². The molecule has 0 fully saturated rings. The molecule has 2 rings (SSSR count). The SMILES string of the molecule is NC(=O)CNC(=O)c1cccc(NC(=O)C=Cc2ccc(F)cc2)c1. The van der Waals surface area contributed by atoms with E-state index in [0.29, 0.717) is 11.3 Å². The first-order valence-electron chi connectivity index (χ1n) is 7.35. The number of anilines is 1. The summed E-state index contributed by atoms with van der Waals surface area (Å²) in [5.74, 6) is -1.88. The molecule has 0 atom stereocenters. The fourth-order valence-corrected chi connectivity index (χ4v) is 1.94. The normalized spacial score (nSPS) is 10.4. The number of halogens is 1. The molecular formula is C18H16FN3O3. The number of hydrogen-bond acceptors (Lipinski definition) is 3. The van der Waals surface area contributed by atoms with Crippen LogP contribution in [0.15, 0.2) is 54.6 Å². The molecule has 4 N–H and O–H groups in total. The second kappa shape index (κ2) is 8.39. The Bertz CT molecular complexity index is 817. The molecule has 2 aromatic carbocycles. The van der Waals surface area contributed by atoms with Crippen molar-refractivity contribution in [3.8, 4) is 0 Å². The maximum atomic E-state index is 12.8. The lowest BCUT2D eigenvalue weighted by Crippen LogP contribution is -2.33. The zero-order chi connectivity index (χ0) is 18.2. The Balaban J connectivity index is 1.98. The molecule has 0 bridgehead atoms. The van der Waals surface area contributed by atoms with Gasteiger partial charge in [0.05, 0.1) is 6.54 Å². The third kappa shape index (κ3) is 5.91. The van der Waals surface area contributed by atoms with Crippen molar-refractivity contribution in [3.05, 3.63) is 71.6 Å². The lowest BCUT2D eigenvalue weighted by Gasteiger charge is -2.06. The van der Waals surface area contributed by atoms with E-state index in [1.807, 2.05) is 0 Å². The monoisotopic (exact) mass is 341 g/mol. The van der Waals surface area contributed by atoms with Crippen molar-refractivity contribution < 1.29 is 18.8 Å². The molecular weight excluding hydrogens is 325 g/mol. The molecule has 0 spiro atoms. The van der Waals surface area contributed by atoms with Crippen LogP contribution in [0.5, 0.6) is 0 Å². The summed E-state index contributed by atoms with van der Waals surface area (Å²) in [7, 11) is 0. The van der Waals surface area contributed by atoms with Gasteiger partial charge in [0.1, 0.15) is 5.82 Å². The Morgan fingerprint density at radius 3 is 2.48 bits per heavy atom. The van der Waals surface area contributed by atoms with Crippen molar-refractivity contribution in [2.24, 2.45) is 5.73 Å². The Morgan fingerprint density at radius 2 is 1.80 bits per heavy atom. The number of hydrogen-bond donors (Lipinski definition) is 3. The lowest BCUT2D eigenvalue weighted by atomic mass is 10.2. The van der Waals surface area contributed by atoms with Gasteiger partial charge >= 0.3 is 0 Å². The quantitative estimate of drug-likeness (QED) is 0.697. The number of nitrogens with one attached hydrogen (secondary N) is 2. The van der Waals surface area contributed by atoms with Gasteiger partial charge in [-0.3, -0.25) is 14.4 Å². The Hall–Kier alpha value is -3.48. The van der Waals surface area contributed by atoms with Crippen LogP contribution in [0.1, 0.15) is 15.9 Å². The van der Waals surface area contributed by atoms with Crippen molar-refractivity contribution in [2.45, 2.75) is 0 Å². The Morgan fingerprint density at radius 1 is 1.08 bits per heavy atom. The van der Waals surface area contributed by atoms with E-state index in [9.17, 15) is 18.8 Å². The number of carbonyl (C=O) groups is 3. The van der Waals surface area contributed by atoms with Crippen LogP contribution in [-0.4, -0.2) is 24.3 Å². The zero-order valence-electron chi connectivity index (χ0n) is 13.2. The molecule has 2 aromatic rings. The summed E-state index contributed by atoms with van der Waals surface area (Å²) in [5.41, 5.74) is 6.34. The molecule has 0 saturated carbocycles. The van der Waals surface area contributed by atoms with Crippen LogP contribution in [0.4, 0.5) is 10.1 Å². The van der Waals surface area contributed by atoms with Crippen molar-refractivity contribution in [2.75, 3.05) is 11.9 Å². The van der Waals surface area contributed by atoms with E-state index in [0.717, 1.165) is 0 Å². The van der Waals surface area contributed by atoms with Crippen molar-refractivity contribution in [1.29, 1.82) is 0 Å². The van der Waals surface area contributed by atoms with Crippen LogP contribution in [0.3, 0.4) is 0 Å². The molecule has 0 aliphatic heterocycles. The first-order valence-corrected chi connectivity index (χ1v) is 7.35.